The normalized spacial score (nSPS) is 17.8. The number of nitrogens with zero attached hydrogens (tertiary/aromatic N) is 2. The smallest absolute Gasteiger partial charge is 0.256 e. The van der Waals surface area contributed by atoms with Gasteiger partial charge in [0.15, 0.2) is 17.7 Å². The molecule has 2 aliphatic rings. The zero-order valence-electron chi connectivity index (χ0n) is 16.4. The van der Waals surface area contributed by atoms with E-state index in [2.05, 4.69) is 4.98 Å². The first-order chi connectivity index (χ1) is 14.9. The fourth-order valence-corrected chi connectivity index (χ4v) is 5.14. The number of hydrogen-bond donors (Lipinski definition) is 2. The molecule has 1 atom stereocenters. The predicted octanol–water partition coefficient (Wildman–Crippen LogP) is 2.81. The van der Waals surface area contributed by atoms with Crippen LogP contribution in [0.4, 0.5) is 8.78 Å². The summed E-state index contributed by atoms with van der Waals surface area (Å²) >= 11 is 1.64. The third kappa shape index (κ3) is 3.28. The Balaban J connectivity index is 1.41. The van der Waals surface area contributed by atoms with E-state index in [1.807, 2.05) is 17.5 Å². The molecule has 1 fully saturated rings. The predicted molar refractivity (Wildman–Crippen MR) is 110 cm³/mol. The monoisotopic (exact) mass is 443 g/mol. The number of benzene rings is 1. The van der Waals surface area contributed by atoms with Gasteiger partial charge in [0.1, 0.15) is 5.82 Å². The van der Waals surface area contributed by atoms with Crippen molar-refractivity contribution in [3.63, 3.8) is 0 Å². The summed E-state index contributed by atoms with van der Waals surface area (Å²) in [6.07, 6.45) is 0.338. The molecule has 1 aliphatic carbocycles. The van der Waals surface area contributed by atoms with Crippen molar-refractivity contribution in [2.45, 2.75) is 37.3 Å². The van der Waals surface area contributed by atoms with Gasteiger partial charge >= 0.3 is 0 Å². The molecule has 3 aromatic rings. The molecule has 0 spiro atoms. The van der Waals surface area contributed by atoms with Gasteiger partial charge in [0, 0.05) is 23.4 Å². The highest BCUT2D eigenvalue weighted by Gasteiger charge is 2.49. The number of aromatic nitrogens is 2. The standard InChI is InChI=1S/C22H19F2N3O3S/c23-14-4-1-3-12(17(14)24)18(28)20(30)27-9-6-15-13(11-27)19(29)26-21(25-15)22(7-8-22)16-5-2-10-31-16/h1-5,10,18,28H,6-9,11H2,(H,25,26,29)/t18-/m1/s1. The second kappa shape index (κ2) is 7.35. The number of fused-ring (bicyclic) bond motifs is 1. The lowest BCUT2D eigenvalue weighted by Gasteiger charge is -2.30. The van der Waals surface area contributed by atoms with Crippen LogP contribution in [0.2, 0.25) is 0 Å². The summed E-state index contributed by atoms with van der Waals surface area (Å²) in [6.45, 7) is 0.179. The lowest BCUT2D eigenvalue weighted by molar-refractivity contribution is -0.141. The molecule has 0 bridgehead atoms. The fourth-order valence-electron chi connectivity index (χ4n) is 4.15. The molecule has 160 valence electrons. The van der Waals surface area contributed by atoms with Crippen molar-refractivity contribution in [2.75, 3.05) is 6.54 Å². The summed E-state index contributed by atoms with van der Waals surface area (Å²) in [5.41, 5.74) is 0.0197. The summed E-state index contributed by atoms with van der Waals surface area (Å²) < 4.78 is 27.5. The summed E-state index contributed by atoms with van der Waals surface area (Å²) in [6, 6.07) is 7.34. The Kier molecular flexibility index (Phi) is 4.75. The van der Waals surface area contributed by atoms with E-state index in [1.54, 1.807) is 11.3 Å². The maximum atomic E-state index is 14.0. The number of thiophene rings is 1. The second-order valence-electron chi connectivity index (χ2n) is 7.95. The molecule has 1 aliphatic heterocycles. The van der Waals surface area contributed by atoms with Crippen LogP contribution < -0.4 is 5.56 Å². The van der Waals surface area contributed by atoms with E-state index in [9.17, 15) is 23.5 Å². The zero-order valence-corrected chi connectivity index (χ0v) is 17.2. The first-order valence-electron chi connectivity index (χ1n) is 9.98. The van der Waals surface area contributed by atoms with Crippen molar-refractivity contribution in [1.29, 1.82) is 0 Å². The van der Waals surface area contributed by atoms with Crippen molar-refractivity contribution >= 4 is 17.2 Å². The van der Waals surface area contributed by atoms with Gasteiger partial charge in [0.05, 0.1) is 23.2 Å². The fraction of sp³-hybridized carbons (Fsp3) is 0.318. The number of halogens is 2. The minimum Gasteiger partial charge on any atom is -0.378 e. The topological polar surface area (TPSA) is 86.3 Å². The van der Waals surface area contributed by atoms with E-state index in [0.717, 1.165) is 18.9 Å². The number of H-pyrrole nitrogens is 1. The Hall–Kier alpha value is -2.91. The number of rotatable bonds is 4. The molecule has 3 heterocycles. The third-order valence-corrected chi connectivity index (χ3v) is 7.16. The highest BCUT2D eigenvalue weighted by molar-refractivity contribution is 7.10. The van der Waals surface area contributed by atoms with Gasteiger partial charge in [0.2, 0.25) is 0 Å². The number of nitrogens with one attached hydrogen (secondary N) is 1. The Morgan fingerprint density at radius 1 is 1.26 bits per heavy atom. The number of aliphatic hydroxyl groups excluding tert-OH is 1. The molecule has 0 radical (unpaired) electrons. The molecule has 1 amide bonds. The molecular weight excluding hydrogens is 424 g/mol. The van der Waals surface area contributed by atoms with Gasteiger partial charge in [-0.25, -0.2) is 13.8 Å². The van der Waals surface area contributed by atoms with Gasteiger partial charge in [-0.05, 0) is 30.4 Å². The van der Waals surface area contributed by atoms with Crippen LogP contribution in [0.1, 0.15) is 46.5 Å². The minimum atomic E-state index is -1.85. The molecule has 0 unspecified atom stereocenters. The van der Waals surface area contributed by atoms with Gasteiger partial charge in [-0.2, -0.15) is 0 Å². The van der Waals surface area contributed by atoms with E-state index in [0.29, 0.717) is 23.5 Å². The Morgan fingerprint density at radius 3 is 2.77 bits per heavy atom. The number of hydrogen-bond acceptors (Lipinski definition) is 5. The van der Waals surface area contributed by atoms with Crippen LogP contribution in [0.25, 0.3) is 0 Å². The SMILES string of the molecule is O=C([C@H](O)c1cccc(F)c1F)N1CCc2nc(C3(c4cccs4)CC3)[nH]c(=O)c2C1. The molecule has 2 N–H and O–H groups in total. The Labute approximate surface area is 180 Å². The summed E-state index contributed by atoms with van der Waals surface area (Å²) in [7, 11) is 0. The van der Waals surface area contributed by atoms with Crippen LogP contribution in [0.3, 0.4) is 0 Å². The van der Waals surface area contributed by atoms with E-state index >= 15 is 0 Å². The quantitative estimate of drug-likeness (QED) is 0.649. The van der Waals surface area contributed by atoms with Crippen LogP contribution >= 0.6 is 11.3 Å². The molecular formula is C22H19F2N3O3S. The molecule has 1 saturated carbocycles. The molecule has 31 heavy (non-hydrogen) atoms. The largest absolute Gasteiger partial charge is 0.378 e. The molecule has 5 rings (SSSR count). The van der Waals surface area contributed by atoms with Crippen LogP contribution in [0.15, 0.2) is 40.5 Å². The highest BCUT2D eigenvalue weighted by Crippen LogP contribution is 2.53. The number of carbonyl (C=O) groups excluding carboxylic acids is 1. The average Bonchev–Trinajstić information content (AvgIpc) is 3.40. The summed E-state index contributed by atoms with van der Waals surface area (Å²) in [5.74, 6) is -2.52. The van der Waals surface area contributed by atoms with E-state index in [-0.39, 0.29) is 24.1 Å². The van der Waals surface area contributed by atoms with Gasteiger partial charge < -0.3 is 15.0 Å². The molecule has 6 nitrogen and oxygen atoms in total. The van der Waals surface area contributed by atoms with Gasteiger partial charge in [0.25, 0.3) is 11.5 Å². The minimum absolute atomic E-state index is 0.0449. The summed E-state index contributed by atoms with van der Waals surface area (Å²) in [5, 5.41) is 12.3. The van der Waals surface area contributed by atoms with Crippen molar-refractivity contribution < 1.29 is 18.7 Å². The van der Waals surface area contributed by atoms with Crippen LogP contribution in [-0.2, 0) is 23.2 Å². The number of aromatic amines is 1. The zero-order chi connectivity index (χ0) is 21.8. The lowest BCUT2D eigenvalue weighted by atomic mass is 10.0. The van der Waals surface area contributed by atoms with Crippen molar-refractivity contribution in [1.82, 2.24) is 14.9 Å². The van der Waals surface area contributed by atoms with E-state index in [4.69, 9.17) is 4.98 Å². The molecule has 0 saturated heterocycles. The highest BCUT2D eigenvalue weighted by atomic mass is 32.1. The van der Waals surface area contributed by atoms with Crippen LogP contribution in [0.5, 0.6) is 0 Å². The van der Waals surface area contributed by atoms with Gasteiger partial charge in [-0.15, -0.1) is 11.3 Å². The van der Waals surface area contributed by atoms with Crippen molar-refractivity contribution in [3.05, 3.63) is 85.2 Å². The van der Waals surface area contributed by atoms with Crippen molar-refractivity contribution in [2.24, 2.45) is 0 Å². The Bertz CT molecular complexity index is 1220. The summed E-state index contributed by atoms with van der Waals surface area (Å²) in [4.78, 5) is 35.6. The van der Waals surface area contributed by atoms with Gasteiger partial charge in [-0.1, -0.05) is 18.2 Å². The third-order valence-electron chi connectivity index (χ3n) is 6.09. The first-order valence-corrected chi connectivity index (χ1v) is 10.9. The van der Waals surface area contributed by atoms with E-state index in [1.165, 1.54) is 21.9 Å². The average molecular weight is 443 g/mol. The van der Waals surface area contributed by atoms with Crippen molar-refractivity contribution in [3.8, 4) is 0 Å². The molecule has 9 heteroatoms. The van der Waals surface area contributed by atoms with Crippen LogP contribution in [0, 0.1) is 11.6 Å². The van der Waals surface area contributed by atoms with Crippen LogP contribution in [-0.4, -0.2) is 32.4 Å². The maximum Gasteiger partial charge on any atom is 0.256 e. The van der Waals surface area contributed by atoms with E-state index < -0.39 is 29.2 Å². The number of amides is 1. The number of aliphatic hydroxyl groups is 1. The lowest BCUT2D eigenvalue weighted by Crippen LogP contribution is -2.42. The van der Waals surface area contributed by atoms with Gasteiger partial charge in [-0.3, -0.25) is 9.59 Å². The second-order valence-corrected chi connectivity index (χ2v) is 8.90. The Morgan fingerprint density at radius 2 is 2.06 bits per heavy atom. The maximum absolute atomic E-state index is 14.0. The number of carbonyl (C=O) groups is 1. The molecule has 1 aromatic carbocycles. The molecule has 2 aromatic heterocycles. The first kappa shape index (κ1) is 20.0.